The molecule has 0 fully saturated rings. The molecule has 1 atom stereocenters. The summed E-state index contributed by atoms with van der Waals surface area (Å²) in [5.41, 5.74) is 6.05. The Kier molecular flexibility index (Phi) is 4.31. The SMILES string of the molecule is Cc1nc(C)c(C(C)NS(=O)(=O)c2ccc(N)c(F)c2)s1. The quantitative estimate of drug-likeness (QED) is 0.844. The molecule has 2 aromatic rings. The summed E-state index contributed by atoms with van der Waals surface area (Å²) in [5.74, 6) is -0.754. The second-order valence-corrected chi connectivity index (χ2v) is 7.66. The van der Waals surface area contributed by atoms with Gasteiger partial charge in [0.2, 0.25) is 10.0 Å². The number of nitrogens with zero attached hydrogens (tertiary/aromatic N) is 1. The van der Waals surface area contributed by atoms with Crippen molar-refractivity contribution in [1.82, 2.24) is 9.71 Å². The zero-order valence-electron chi connectivity index (χ0n) is 11.8. The molecular formula is C13H16FN3O2S2. The summed E-state index contributed by atoms with van der Waals surface area (Å²) < 4.78 is 40.5. The second kappa shape index (κ2) is 5.70. The number of nitrogens with two attached hydrogens (primary N) is 1. The number of benzene rings is 1. The zero-order chi connectivity index (χ0) is 15.8. The van der Waals surface area contributed by atoms with E-state index in [0.29, 0.717) is 0 Å². The average molecular weight is 329 g/mol. The first-order valence-corrected chi connectivity index (χ1v) is 8.52. The van der Waals surface area contributed by atoms with E-state index in [2.05, 4.69) is 9.71 Å². The number of rotatable bonds is 4. The van der Waals surface area contributed by atoms with Crippen molar-refractivity contribution in [3.63, 3.8) is 0 Å². The first-order valence-electron chi connectivity index (χ1n) is 6.22. The van der Waals surface area contributed by atoms with Crippen molar-refractivity contribution in [3.8, 4) is 0 Å². The van der Waals surface area contributed by atoms with Crippen LogP contribution in [-0.4, -0.2) is 13.4 Å². The van der Waals surface area contributed by atoms with Gasteiger partial charge in [0.05, 0.1) is 27.3 Å². The molecule has 1 unspecified atom stereocenters. The Bertz CT molecular complexity index is 772. The summed E-state index contributed by atoms with van der Waals surface area (Å²) in [5, 5.41) is 0.868. The Labute approximate surface area is 127 Å². The van der Waals surface area contributed by atoms with Gasteiger partial charge in [-0.3, -0.25) is 0 Å². The number of halogens is 1. The Hall–Kier alpha value is -1.51. The lowest BCUT2D eigenvalue weighted by molar-refractivity contribution is 0.565. The Morgan fingerprint density at radius 1 is 1.38 bits per heavy atom. The maximum Gasteiger partial charge on any atom is 0.241 e. The summed E-state index contributed by atoms with van der Waals surface area (Å²) >= 11 is 1.43. The summed E-state index contributed by atoms with van der Waals surface area (Å²) in [6.07, 6.45) is 0. The van der Waals surface area contributed by atoms with Crippen LogP contribution in [0.4, 0.5) is 10.1 Å². The van der Waals surface area contributed by atoms with E-state index in [4.69, 9.17) is 5.73 Å². The lowest BCUT2D eigenvalue weighted by Crippen LogP contribution is -2.27. The van der Waals surface area contributed by atoms with Crippen molar-refractivity contribution in [2.24, 2.45) is 0 Å². The van der Waals surface area contributed by atoms with Gasteiger partial charge in [-0.05, 0) is 39.0 Å². The van der Waals surface area contributed by atoms with Crippen LogP contribution in [-0.2, 0) is 10.0 Å². The maximum absolute atomic E-state index is 13.4. The van der Waals surface area contributed by atoms with Gasteiger partial charge in [-0.2, -0.15) is 0 Å². The number of aromatic nitrogens is 1. The van der Waals surface area contributed by atoms with E-state index >= 15 is 0 Å². The van der Waals surface area contributed by atoms with Gasteiger partial charge in [0, 0.05) is 4.88 Å². The van der Waals surface area contributed by atoms with Crippen molar-refractivity contribution < 1.29 is 12.8 Å². The summed E-state index contributed by atoms with van der Waals surface area (Å²) in [7, 11) is -3.82. The van der Waals surface area contributed by atoms with Gasteiger partial charge in [0.25, 0.3) is 0 Å². The molecule has 114 valence electrons. The number of hydrogen-bond donors (Lipinski definition) is 2. The fraction of sp³-hybridized carbons (Fsp3) is 0.308. The normalized spacial score (nSPS) is 13.3. The lowest BCUT2D eigenvalue weighted by Gasteiger charge is -2.13. The number of aryl methyl sites for hydroxylation is 2. The van der Waals surface area contributed by atoms with Gasteiger partial charge in [-0.1, -0.05) is 0 Å². The minimum atomic E-state index is -3.82. The third-order valence-electron chi connectivity index (χ3n) is 2.95. The van der Waals surface area contributed by atoms with Gasteiger partial charge < -0.3 is 5.73 Å². The summed E-state index contributed by atoms with van der Waals surface area (Å²) in [6.45, 7) is 5.41. The van der Waals surface area contributed by atoms with E-state index in [0.717, 1.165) is 21.6 Å². The van der Waals surface area contributed by atoms with E-state index in [1.54, 1.807) is 6.92 Å². The van der Waals surface area contributed by atoms with Crippen molar-refractivity contribution in [2.75, 3.05) is 5.73 Å². The van der Waals surface area contributed by atoms with E-state index in [1.807, 2.05) is 13.8 Å². The van der Waals surface area contributed by atoms with Crippen LogP contribution in [0.5, 0.6) is 0 Å². The van der Waals surface area contributed by atoms with Crippen LogP contribution in [0.15, 0.2) is 23.1 Å². The molecule has 0 aliphatic carbocycles. The fourth-order valence-electron chi connectivity index (χ4n) is 1.98. The topological polar surface area (TPSA) is 85.1 Å². The average Bonchev–Trinajstić information content (AvgIpc) is 2.71. The van der Waals surface area contributed by atoms with E-state index < -0.39 is 21.9 Å². The Morgan fingerprint density at radius 3 is 2.57 bits per heavy atom. The second-order valence-electron chi connectivity index (χ2n) is 4.71. The molecule has 21 heavy (non-hydrogen) atoms. The van der Waals surface area contributed by atoms with Gasteiger partial charge in [0.15, 0.2) is 0 Å². The molecule has 0 aliphatic heterocycles. The molecule has 0 amide bonds. The van der Waals surface area contributed by atoms with Crippen molar-refractivity contribution in [3.05, 3.63) is 39.6 Å². The highest BCUT2D eigenvalue weighted by Gasteiger charge is 2.22. The van der Waals surface area contributed by atoms with Gasteiger partial charge in [0.1, 0.15) is 5.82 Å². The van der Waals surface area contributed by atoms with Crippen molar-refractivity contribution in [1.29, 1.82) is 0 Å². The number of nitrogens with one attached hydrogen (secondary N) is 1. The van der Waals surface area contributed by atoms with Crippen LogP contribution in [0.2, 0.25) is 0 Å². The van der Waals surface area contributed by atoms with Gasteiger partial charge >= 0.3 is 0 Å². The minimum absolute atomic E-state index is 0.0871. The zero-order valence-corrected chi connectivity index (χ0v) is 13.5. The lowest BCUT2D eigenvalue weighted by atomic mass is 10.2. The highest BCUT2D eigenvalue weighted by molar-refractivity contribution is 7.89. The predicted molar refractivity (Wildman–Crippen MR) is 81.1 cm³/mol. The van der Waals surface area contributed by atoms with Crippen LogP contribution < -0.4 is 10.5 Å². The molecule has 0 saturated heterocycles. The monoisotopic (exact) mass is 329 g/mol. The maximum atomic E-state index is 13.4. The van der Waals surface area contributed by atoms with E-state index in [1.165, 1.54) is 23.5 Å². The molecule has 5 nitrogen and oxygen atoms in total. The summed E-state index contributed by atoms with van der Waals surface area (Å²) in [4.78, 5) is 4.95. The molecule has 1 aromatic heterocycles. The first-order chi connectivity index (χ1) is 9.70. The highest BCUT2D eigenvalue weighted by Crippen LogP contribution is 2.26. The number of sulfonamides is 1. The number of anilines is 1. The molecule has 0 saturated carbocycles. The Balaban J connectivity index is 2.28. The van der Waals surface area contributed by atoms with E-state index in [9.17, 15) is 12.8 Å². The van der Waals surface area contributed by atoms with Crippen LogP contribution in [0.1, 0.15) is 28.5 Å². The standard InChI is InChI=1S/C13H16FN3O2S2/c1-7-13(20-9(3)16-7)8(2)17-21(18,19)10-4-5-12(15)11(14)6-10/h4-6,8,17H,15H2,1-3H3. The minimum Gasteiger partial charge on any atom is -0.396 e. The predicted octanol–water partition coefficient (Wildman–Crippen LogP) is 2.52. The smallest absolute Gasteiger partial charge is 0.241 e. The molecule has 8 heteroatoms. The molecule has 0 radical (unpaired) electrons. The molecule has 0 spiro atoms. The number of thiazole rings is 1. The first kappa shape index (κ1) is 15.9. The third-order valence-corrected chi connectivity index (χ3v) is 5.74. The molecular weight excluding hydrogens is 313 g/mol. The third kappa shape index (κ3) is 3.39. The molecule has 0 bridgehead atoms. The molecule has 2 rings (SSSR count). The van der Waals surface area contributed by atoms with Crippen molar-refractivity contribution in [2.45, 2.75) is 31.7 Å². The number of nitrogen functional groups attached to an aromatic ring is 1. The Morgan fingerprint density at radius 2 is 2.05 bits per heavy atom. The highest BCUT2D eigenvalue weighted by atomic mass is 32.2. The van der Waals surface area contributed by atoms with Crippen LogP contribution in [0.3, 0.4) is 0 Å². The van der Waals surface area contributed by atoms with E-state index in [-0.39, 0.29) is 10.6 Å². The molecule has 1 heterocycles. The number of hydrogen-bond acceptors (Lipinski definition) is 5. The van der Waals surface area contributed by atoms with Crippen LogP contribution in [0.25, 0.3) is 0 Å². The molecule has 1 aromatic carbocycles. The fourth-order valence-corrected chi connectivity index (χ4v) is 4.21. The van der Waals surface area contributed by atoms with Crippen LogP contribution >= 0.6 is 11.3 Å². The summed E-state index contributed by atoms with van der Waals surface area (Å²) in [6, 6.07) is 2.98. The largest absolute Gasteiger partial charge is 0.396 e. The van der Waals surface area contributed by atoms with Crippen molar-refractivity contribution >= 4 is 27.0 Å². The van der Waals surface area contributed by atoms with Gasteiger partial charge in [-0.15, -0.1) is 11.3 Å². The van der Waals surface area contributed by atoms with Crippen LogP contribution in [0, 0.1) is 19.7 Å². The molecule has 0 aliphatic rings. The molecule has 3 N–H and O–H groups in total. The van der Waals surface area contributed by atoms with Gasteiger partial charge in [-0.25, -0.2) is 22.5 Å².